The van der Waals surface area contributed by atoms with Gasteiger partial charge in [0.1, 0.15) is 0 Å². The monoisotopic (exact) mass is 186 g/mol. The number of rotatable bonds is 2. The lowest BCUT2D eigenvalue weighted by atomic mass is 9.96. The minimum absolute atomic E-state index is 0.794. The van der Waals surface area contributed by atoms with Crippen molar-refractivity contribution in [2.24, 2.45) is 5.92 Å². The molecule has 0 N–H and O–H groups in total. The standard InChI is InChI=1S/C14H18/c1-5-12-6-9(2)10(3)7-14(12)13-8-11(13)4/h5-7,11,13H,1,8H2,2-4H3/t11-,13?/m0/s1. The van der Waals surface area contributed by atoms with Crippen LogP contribution in [-0.2, 0) is 0 Å². The minimum atomic E-state index is 0.794. The Balaban J connectivity index is 2.47. The molecule has 0 heterocycles. The molecule has 0 saturated heterocycles. The van der Waals surface area contributed by atoms with Gasteiger partial charge in [-0.1, -0.05) is 31.7 Å². The lowest BCUT2D eigenvalue weighted by Crippen LogP contribution is -1.91. The largest absolute Gasteiger partial charge is 0.0985 e. The Morgan fingerprint density at radius 1 is 1.29 bits per heavy atom. The molecule has 0 radical (unpaired) electrons. The minimum Gasteiger partial charge on any atom is -0.0985 e. The second kappa shape index (κ2) is 3.27. The van der Waals surface area contributed by atoms with Crippen molar-refractivity contribution in [3.05, 3.63) is 41.0 Å². The third-order valence-corrected chi connectivity index (χ3v) is 3.43. The summed E-state index contributed by atoms with van der Waals surface area (Å²) in [5.41, 5.74) is 5.62. The van der Waals surface area contributed by atoms with Crippen LogP contribution in [0.25, 0.3) is 6.08 Å². The van der Waals surface area contributed by atoms with Crippen LogP contribution in [0.15, 0.2) is 18.7 Å². The van der Waals surface area contributed by atoms with E-state index in [1.54, 1.807) is 0 Å². The molecule has 0 aliphatic heterocycles. The van der Waals surface area contributed by atoms with E-state index in [0.29, 0.717) is 0 Å². The van der Waals surface area contributed by atoms with Crippen molar-refractivity contribution in [1.82, 2.24) is 0 Å². The van der Waals surface area contributed by atoms with Crippen LogP contribution in [0.3, 0.4) is 0 Å². The molecular weight excluding hydrogens is 168 g/mol. The van der Waals surface area contributed by atoms with E-state index in [1.165, 1.54) is 28.7 Å². The first-order valence-corrected chi connectivity index (χ1v) is 5.37. The molecule has 0 nitrogen and oxygen atoms in total. The quantitative estimate of drug-likeness (QED) is 0.653. The predicted molar refractivity (Wildman–Crippen MR) is 62.5 cm³/mol. The lowest BCUT2D eigenvalue weighted by molar-refractivity contribution is 0.911. The van der Waals surface area contributed by atoms with Crippen molar-refractivity contribution in [3.63, 3.8) is 0 Å². The Morgan fingerprint density at radius 2 is 1.86 bits per heavy atom. The summed E-state index contributed by atoms with van der Waals surface area (Å²) in [5, 5.41) is 0. The van der Waals surface area contributed by atoms with Gasteiger partial charge in [0.05, 0.1) is 0 Å². The zero-order valence-corrected chi connectivity index (χ0v) is 9.30. The molecular formula is C14H18. The van der Waals surface area contributed by atoms with Gasteiger partial charge in [0, 0.05) is 0 Å². The first kappa shape index (κ1) is 9.51. The summed E-state index contributed by atoms with van der Waals surface area (Å²) < 4.78 is 0. The molecule has 1 fully saturated rings. The maximum absolute atomic E-state index is 3.90. The second-order valence-electron chi connectivity index (χ2n) is 4.59. The van der Waals surface area contributed by atoms with Gasteiger partial charge in [0.2, 0.25) is 0 Å². The Kier molecular flexibility index (Phi) is 2.22. The number of hydrogen-bond donors (Lipinski definition) is 0. The van der Waals surface area contributed by atoms with E-state index >= 15 is 0 Å². The molecule has 1 aliphatic carbocycles. The highest BCUT2D eigenvalue weighted by atomic mass is 14.4. The average Bonchev–Trinajstić information content (AvgIpc) is 2.87. The second-order valence-corrected chi connectivity index (χ2v) is 4.59. The Bertz CT molecular complexity index is 374. The maximum atomic E-state index is 3.90. The molecule has 0 aromatic heterocycles. The van der Waals surface area contributed by atoms with Gasteiger partial charge < -0.3 is 0 Å². The Labute approximate surface area is 86.7 Å². The average molecular weight is 186 g/mol. The molecule has 1 aliphatic rings. The molecule has 1 aromatic rings. The van der Waals surface area contributed by atoms with Crippen LogP contribution in [0.2, 0.25) is 0 Å². The van der Waals surface area contributed by atoms with Gasteiger partial charge in [-0.2, -0.15) is 0 Å². The van der Waals surface area contributed by atoms with Crippen molar-refractivity contribution >= 4 is 6.08 Å². The highest BCUT2D eigenvalue weighted by Gasteiger charge is 2.35. The first-order valence-electron chi connectivity index (χ1n) is 5.37. The van der Waals surface area contributed by atoms with E-state index in [0.717, 1.165) is 11.8 Å². The van der Waals surface area contributed by atoms with Crippen LogP contribution in [0, 0.1) is 19.8 Å². The SMILES string of the molecule is C=Cc1cc(C)c(C)cc1C1C[C@@H]1C. The van der Waals surface area contributed by atoms with Crippen LogP contribution in [0.4, 0.5) is 0 Å². The molecule has 1 saturated carbocycles. The van der Waals surface area contributed by atoms with E-state index in [1.807, 2.05) is 6.08 Å². The van der Waals surface area contributed by atoms with Crippen molar-refractivity contribution in [2.45, 2.75) is 33.1 Å². The summed E-state index contributed by atoms with van der Waals surface area (Å²) in [5.74, 6) is 1.66. The fourth-order valence-electron chi connectivity index (χ4n) is 2.11. The predicted octanol–water partition coefficient (Wildman–Crippen LogP) is 4.07. The molecule has 1 unspecified atom stereocenters. The number of aryl methyl sites for hydroxylation is 2. The Hall–Kier alpha value is -1.04. The molecule has 2 atom stereocenters. The van der Waals surface area contributed by atoms with Gasteiger partial charge in [0.15, 0.2) is 0 Å². The molecule has 0 bridgehead atoms. The van der Waals surface area contributed by atoms with Gasteiger partial charge in [-0.25, -0.2) is 0 Å². The lowest BCUT2D eigenvalue weighted by Gasteiger charge is -2.09. The number of hydrogen-bond acceptors (Lipinski definition) is 0. The maximum Gasteiger partial charge on any atom is -0.0127 e. The molecule has 2 rings (SSSR count). The van der Waals surface area contributed by atoms with E-state index < -0.39 is 0 Å². The molecule has 0 amide bonds. The van der Waals surface area contributed by atoms with Gasteiger partial charge in [-0.05, 0) is 54.4 Å². The van der Waals surface area contributed by atoms with Gasteiger partial charge in [-0.15, -0.1) is 0 Å². The Morgan fingerprint density at radius 3 is 2.36 bits per heavy atom. The van der Waals surface area contributed by atoms with E-state index in [2.05, 4.69) is 39.5 Å². The number of benzene rings is 1. The molecule has 0 heteroatoms. The van der Waals surface area contributed by atoms with E-state index in [-0.39, 0.29) is 0 Å². The first-order chi connectivity index (χ1) is 6.63. The van der Waals surface area contributed by atoms with E-state index in [9.17, 15) is 0 Å². The fourth-order valence-corrected chi connectivity index (χ4v) is 2.11. The zero-order chi connectivity index (χ0) is 10.3. The normalized spacial score (nSPS) is 24.8. The van der Waals surface area contributed by atoms with Crippen LogP contribution >= 0.6 is 0 Å². The van der Waals surface area contributed by atoms with Crippen molar-refractivity contribution in [2.75, 3.05) is 0 Å². The summed E-state index contributed by atoms with van der Waals surface area (Å²) in [6, 6.07) is 4.61. The van der Waals surface area contributed by atoms with Gasteiger partial charge >= 0.3 is 0 Å². The highest BCUT2D eigenvalue weighted by molar-refractivity contribution is 5.57. The summed E-state index contributed by atoms with van der Waals surface area (Å²) in [6.07, 6.45) is 3.34. The van der Waals surface area contributed by atoms with Crippen LogP contribution < -0.4 is 0 Å². The fraction of sp³-hybridized carbons (Fsp3) is 0.429. The summed E-state index contributed by atoms with van der Waals surface area (Å²) >= 11 is 0. The van der Waals surface area contributed by atoms with Crippen LogP contribution in [0.5, 0.6) is 0 Å². The topological polar surface area (TPSA) is 0 Å². The third kappa shape index (κ3) is 1.50. The zero-order valence-electron chi connectivity index (χ0n) is 9.30. The molecule has 74 valence electrons. The highest BCUT2D eigenvalue weighted by Crippen LogP contribution is 2.48. The van der Waals surface area contributed by atoms with Crippen LogP contribution in [0.1, 0.15) is 41.5 Å². The molecule has 1 aromatic carbocycles. The molecule has 14 heavy (non-hydrogen) atoms. The smallest absolute Gasteiger partial charge is 0.0127 e. The van der Waals surface area contributed by atoms with Gasteiger partial charge in [-0.3, -0.25) is 0 Å². The summed E-state index contributed by atoms with van der Waals surface area (Å²) in [7, 11) is 0. The third-order valence-electron chi connectivity index (χ3n) is 3.43. The van der Waals surface area contributed by atoms with E-state index in [4.69, 9.17) is 0 Å². The van der Waals surface area contributed by atoms with Gasteiger partial charge in [0.25, 0.3) is 0 Å². The summed E-state index contributed by atoms with van der Waals surface area (Å²) in [4.78, 5) is 0. The summed E-state index contributed by atoms with van der Waals surface area (Å²) in [6.45, 7) is 10.6. The van der Waals surface area contributed by atoms with Crippen molar-refractivity contribution < 1.29 is 0 Å². The molecule has 0 spiro atoms. The van der Waals surface area contributed by atoms with Crippen molar-refractivity contribution in [1.29, 1.82) is 0 Å². The van der Waals surface area contributed by atoms with Crippen molar-refractivity contribution in [3.8, 4) is 0 Å². The van der Waals surface area contributed by atoms with Crippen LogP contribution in [-0.4, -0.2) is 0 Å².